The molecule has 0 bridgehead atoms. The minimum Gasteiger partial charge on any atom is -0.370 e. The number of aliphatic imine (C=N–C) groups is 1. The van der Waals surface area contributed by atoms with Gasteiger partial charge in [-0.1, -0.05) is 0 Å². The van der Waals surface area contributed by atoms with Gasteiger partial charge in [0.25, 0.3) is 0 Å². The van der Waals surface area contributed by atoms with Crippen LogP contribution in [0.2, 0.25) is 0 Å². The number of anilines is 1. The summed E-state index contributed by atoms with van der Waals surface area (Å²) in [6.45, 7) is 3.60. The first kappa shape index (κ1) is 13.4. The van der Waals surface area contributed by atoms with Crippen molar-refractivity contribution in [1.29, 1.82) is 0 Å². The number of nitrogens with one attached hydrogen (secondary N) is 1. The monoisotopic (exact) mass is 236 g/mol. The Balaban J connectivity index is 2.38. The molecule has 0 saturated carbocycles. The molecule has 0 aliphatic rings. The molecular weight excluding hydrogens is 216 g/mol. The van der Waals surface area contributed by atoms with Crippen molar-refractivity contribution in [3.8, 4) is 0 Å². The van der Waals surface area contributed by atoms with Crippen molar-refractivity contribution in [2.75, 3.05) is 32.5 Å². The Bertz CT molecular complexity index is 374. The van der Waals surface area contributed by atoms with Crippen molar-refractivity contribution in [1.82, 2.24) is 14.9 Å². The zero-order valence-corrected chi connectivity index (χ0v) is 10.6. The van der Waals surface area contributed by atoms with E-state index < -0.39 is 0 Å². The van der Waals surface area contributed by atoms with Gasteiger partial charge in [-0.2, -0.15) is 0 Å². The van der Waals surface area contributed by atoms with Crippen LogP contribution >= 0.6 is 0 Å². The van der Waals surface area contributed by atoms with Crippen LogP contribution in [0.15, 0.2) is 17.3 Å². The maximum Gasteiger partial charge on any atom is 0.229 e. The van der Waals surface area contributed by atoms with E-state index in [2.05, 4.69) is 25.2 Å². The van der Waals surface area contributed by atoms with Gasteiger partial charge in [0.1, 0.15) is 0 Å². The SMILES string of the molecule is Cc1ccnc(NC(N)=NCCCN(C)C)n1. The standard InChI is InChI=1S/C11H20N6/c1-9-5-7-14-11(15-9)16-10(12)13-6-4-8-17(2)3/h5,7H,4,6,8H2,1-3H3,(H3,12,13,14,15,16). The molecule has 0 aromatic carbocycles. The molecule has 0 amide bonds. The molecule has 0 aliphatic carbocycles. The molecule has 0 aliphatic heterocycles. The lowest BCUT2D eigenvalue weighted by Crippen LogP contribution is -2.24. The quantitative estimate of drug-likeness (QED) is 0.441. The van der Waals surface area contributed by atoms with Gasteiger partial charge in [-0.25, -0.2) is 9.97 Å². The van der Waals surface area contributed by atoms with Gasteiger partial charge in [0, 0.05) is 18.4 Å². The molecule has 0 atom stereocenters. The molecular formula is C11H20N6. The number of hydrogen-bond acceptors (Lipinski definition) is 4. The lowest BCUT2D eigenvalue weighted by atomic mass is 10.4. The highest BCUT2D eigenvalue weighted by atomic mass is 15.2. The Kier molecular flexibility index (Phi) is 5.35. The van der Waals surface area contributed by atoms with Gasteiger partial charge in [-0.05, 0) is 40.1 Å². The van der Waals surface area contributed by atoms with E-state index in [0.29, 0.717) is 18.5 Å². The first-order valence-electron chi connectivity index (χ1n) is 5.59. The number of aryl methyl sites for hydroxylation is 1. The van der Waals surface area contributed by atoms with E-state index in [9.17, 15) is 0 Å². The van der Waals surface area contributed by atoms with Crippen LogP contribution in [0.5, 0.6) is 0 Å². The molecule has 0 unspecified atom stereocenters. The summed E-state index contributed by atoms with van der Waals surface area (Å²) in [6, 6.07) is 1.83. The Morgan fingerprint density at radius 3 is 2.94 bits per heavy atom. The number of aromatic nitrogens is 2. The second-order valence-corrected chi connectivity index (χ2v) is 4.07. The third-order valence-corrected chi connectivity index (χ3v) is 2.08. The van der Waals surface area contributed by atoms with Crippen LogP contribution in [0.3, 0.4) is 0 Å². The minimum absolute atomic E-state index is 0.356. The van der Waals surface area contributed by atoms with Crippen molar-refractivity contribution in [3.63, 3.8) is 0 Å². The zero-order chi connectivity index (χ0) is 12.7. The molecule has 0 fully saturated rings. The van der Waals surface area contributed by atoms with Crippen LogP contribution in [0.4, 0.5) is 5.95 Å². The molecule has 17 heavy (non-hydrogen) atoms. The summed E-state index contributed by atoms with van der Waals surface area (Å²) in [5.74, 6) is 0.841. The first-order valence-corrected chi connectivity index (χ1v) is 5.59. The molecule has 6 heteroatoms. The normalized spacial score (nSPS) is 11.9. The van der Waals surface area contributed by atoms with Gasteiger partial charge in [-0.3, -0.25) is 10.3 Å². The summed E-state index contributed by atoms with van der Waals surface area (Å²) < 4.78 is 0. The highest BCUT2D eigenvalue weighted by Gasteiger charge is 1.97. The van der Waals surface area contributed by atoms with Crippen LogP contribution in [0.1, 0.15) is 12.1 Å². The van der Waals surface area contributed by atoms with Crippen molar-refractivity contribution < 1.29 is 0 Å². The Morgan fingerprint density at radius 2 is 2.29 bits per heavy atom. The summed E-state index contributed by atoms with van der Waals surface area (Å²) in [5, 5.41) is 2.86. The Labute approximate surface area is 102 Å². The fourth-order valence-electron chi connectivity index (χ4n) is 1.25. The van der Waals surface area contributed by atoms with Crippen molar-refractivity contribution in [2.24, 2.45) is 10.7 Å². The molecule has 0 saturated heterocycles. The number of hydrogen-bond donors (Lipinski definition) is 2. The van der Waals surface area contributed by atoms with Crippen molar-refractivity contribution in [2.45, 2.75) is 13.3 Å². The van der Waals surface area contributed by atoms with Crippen LogP contribution in [0.25, 0.3) is 0 Å². The molecule has 1 heterocycles. The maximum atomic E-state index is 5.72. The molecule has 6 nitrogen and oxygen atoms in total. The third-order valence-electron chi connectivity index (χ3n) is 2.08. The van der Waals surface area contributed by atoms with Gasteiger partial charge in [0.05, 0.1) is 0 Å². The Hall–Kier alpha value is -1.69. The number of rotatable bonds is 5. The largest absolute Gasteiger partial charge is 0.370 e. The van der Waals surface area contributed by atoms with Crippen LogP contribution in [-0.4, -0.2) is 48.0 Å². The number of guanidine groups is 1. The lowest BCUT2D eigenvalue weighted by molar-refractivity contribution is 0.403. The van der Waals surface area contributed by atoms with Gasteiger partial charge in [0.2, 0.25) is 5.95 Å². The van der Waals surface area contributed by atoms with Gasteiger partial charge in [-0.15, -0.1) is 0 Å². The molecule has 1 rings (SSSR count). The molecule has 0 spiro atoms. The topological polar surface area (TPSA) is 79.4 Å². The fourth-order valence-corrected chi connectivity index (χ4v) is 1.25. The van der Waals surface area contributed by atoms with Crippen LogP contribution in [-0.2, 0) is 0 Å². The van der Waals surface area contributed by atoms with Gasteiger partial charge in [0.15, 0.2) is 5.96 Å². The van der Waals surface area contributed by atoms with E-state index in [-0.39, 0.29) is 0 Å². The number of nitrogens with two attached hydrogens (primary N) is 1. The molecule has 1 aromatic rings. The molecule has 1 aromatic heterocycles. The van der Waals surface area contributed by atoms with E-state index in [4.69, 9.17) is 5.73 Å². The maximum absolute atomic E-state index is 5.72. The lowest BCUT2D eigenvalue weighted by Gasteiger charge is -2.07. The fraction of sp³-hybridized carbons (Fsp3) is 0.545. The van der Waals surface area contributed by atoms with E-state index >= 15 is 0 Å². The molecule has 94 valence electrons. The molecule has 3 N–H and O–H groups in total. The van der Waals surface area contributed by atoms with Gasteiger partial charge < -0.3 is 10.6 Å². The predicted molar refractivity (Wildman–Crippen MR) is 70.1 cm³/mol. The average Bonchev–Trinajstić information content (AvgIpc) is 2.24. The average molecular weight is 236 g/mol. The van der Waals surface area contributed by atoms with Crippen molar-refractivity contribution >= 4 is 11.9 Å². The first-order chi connectivity index (χ1) is 8.08. The zero-order valence-electron chi connectivity index (χ0n) is 10.6. The molecule has 0 radical (unpaired) electrons. The number of nitrogens with zero attached hydrogens (tertiary/aromatic N) is 4. The van der Waals surface area contributed by atoms with E-state index in [1.807, 2.05) is 27.1 Å². The van der Waals surface area contributed by atoms with Crippen molar-refractivity contribution in [3.05, 3.63) is 18.0 Å². The Morgan fingerprint density at radius 1 is 1.53 bits per heavy atom. The summed E-state index contributed by atoms with van der Waals surface area (Å²) in [7, 11) is 4.07. The van der Waals surface area contributed by atoms with Crippen LogP contribution < -0.4 is 11.1 Å². The van der Waals surface area contributed by atoms with Crippen LogP contribution in [0, 0.1) is 6.92 Å². The summed E-state index contributed by atoms with van der Waals surface area (Å²) in [4.78, 5) is 14.5. The highest BCUT2D eigenvalue weighted by Crippen LogP contribution is 1.97. The summed E-state index contributed by atoms with van der Waals surface area (Å²) in [6.07, 6.45) is 2.66. The van der Waals surface area contributed by atoms with Gasteiger partial charge >= 0.3 is 0 Å². The summed E-state index contributed by atoms with van der Waals surface area (Å²) in [5.41, 5.74) is 6.61. The smallest absolute Gasteiger partial charge is 0.229 e. The third kappa shape index (κ3) is 5.82. The summed E-state index contributed by atoms with van der Waals surface area (Å²) >= 11 is 0. The second kappa shape index (κ2) is 6.80. The highest BCUT2D eigenvalue weighted by molar-refractivity contribution is 5.90. The van der Waals surface area contributed by atoms with E-state index in [1.165, 1.54) is 0 Å². The minimum atomic E-state index is 0.356. The second-order valence-electron chi connectivity index (χ2n) is 4.07. The van der Waals surface area contributed by atoms with E-state index in [1.54, 1.807) is 6.20 Å². The van der Waals surface area contributed by atoms with E-state index in [0.717, 1.165) is 18.7 Å². The predicted octanol–water partition coefficient (Wildman–Crippen LogP) is 0.463.